The maximum Gasteiger partial charge on any atom is 0.123 e. The molecule has 0 N–H and O–H groups in total. The van der Waals surface area contributed by atoms with Crippen LogP contribution in [0.4, 0.5) is 0 Å². The van der Waals surface area contributed by atoms with E-state index in [2.05, 4.69) is 9.55 Å². The minimum absolute atomic E-state index is 0.540. The molecule has 0 atom stereocenters. The Morgan fingerprint density at radius 3 is 2.95 bits per heavy atom. The van der Waals surface area contributed by atoms with Gasteiger partial charge in [-0.25, -0.2) is 4.98 Å². The second-order valence-electron chi connectivity index (χ2n) is 4.49. The van der Waals surface area contributed by atoms with Crippen LogP contribution >= 0.6 is 11.6 Å². The predicted molar refractivity (Wildman–Crippen MR) is 78.5 cm³/mol. The Kier molecular flexibility index (Phi) is 3.65. The predicted octanol–water partition coefficient (Wildman–Crippen LogP) is 3.47. The fourth-order valence-corrected chi connectivity index (χ4v) is 2.46. The Hall–Kier alpha value is -1.94. The highest BCUT2D eigenvalue weighted by Gasteiger charge is 2.12. The monoisotopic (exact) mass is 290 g/mol. The van der Waals surface area contributed by atoms with Crippen molar-refractivity contribution in [3.8, 4) is 5.75 Å². The minimum atomic E-state index is 0.540. The summed E-state index contributed by atoms with van der Waals surface area (Å²) in [5.74, 6) is 3.21. The molecule has 2 aromatic heterocycles. The third-order valence-corrected chi connectivity index (χ3v) is 3.44. The van der Waals surface area contributed by atoms with Gasteiger partial charge in [0.15, 0.2) is 0 Å². The highest BCUT2D eigenvalue weighted by Crippen LogP contribution is 2.23. The molecule has 0 fully saturated rings. The van der Waals surface area contributed by atoms with Crippen LogP contribution in [0.5, 0.6) is 5.75 Å². The average molecular weight is 291 g/mol. The summed E-state index contributed by atoms with van der Waals surface area (Å²) in [5.41, 5.74) is 1.97. The summed E-state index contributed by atoms with van der Waals surface area (Å²) < 4.78 is 12.8. The van der Waals surface area contributed by atoms with E-state index in [-0.39, 0.29) is 0 Å². The first-order chi connectivity index (χ1) is 9.81. The molecule has 0 saturated carbocycles. The molecule has 5 heteroatoms. The van der Waals surface area contributed by atoms with Crippen molar-refractivity contribution in [2.45, 2.75) is 13.0 Å². The molecule has 0 aliphatic heterocycles. The van der Waals surface area contributed by atoms with Gasteiger partial charge in [0.2, 0.25) is 0 Å². The summed E-state index contributed by atoms with van der Waals surface area (Å²) in [6.45, 7) is 0.642. The number of halogens is 1. The van der Waals surface area contributed by atoms with E-state index in [1.54, 1.807) is 13.4 Å². The van der Waals surface area contributed by atoms with E-state index in [1.165, 1.54) is 0 Å². The van der Waals surface area contributed by atoms with Crippen LogP contribution in [0.15, 0.2) is 41.0 Å². The Morgan fingerprint density at radius 2 is 2.25 bits per heavy atom. The van der Waals surface area contributed by atoms with Crippen molar-refractivity contribution in [2.24, 2.45) is 0 Å². The molecule has 0 radical (unpaired) electrons. The average Bonchev–Trinajstić information content (AvgIpc) is 3.08. The molecular weight excluding hydrogens is 276 g/mol. The summed E-state index contributed by atoms with van der Waals surface area (Å²) in [6, 6.07) is 9.71. The molecule has 3 aromatic rings. The van der Waals surface area contributed by atoms with E-state index in [0.29, 0.717) is 12.4 Å². The molecule has 0 unspecified atom stereocenters. The van der Waals surface area contributed by atoms with Crippen LogP contribution in [0.1, 0.15) is 11.6 Å². The van der Waals surface area contributed by atoms with Gasteiger partial charge in [-0.2, -0.15) is 0 Å². The number of hydrogen-bond acceptors (Lipinski definition) is 3. The molecule has 4 nitrogen and oxygen atoms in total. The number of imidazole rings is 1. The van der Waals surface area contributed by atoms with Crippen LogP contribution in [0.3, 0.4) is 0 Å². The van der Waals surface area contributed by atoms with Crippen LogP contribution in [-0.4, -0.2) is 22.5 Å². The zero-order valence-corrected chi connectivity index (χ0v) is 11.9. The van der Waals surface area contributed by atoms with E-state index < -0.39 is 0 Å². The van der Waals surface area contributed by atoms with Crippen LogP contribution in [0, 0.1) is 0 Å². The number of nitrogens with zero attached hydrogens (tertiary/aromatic N) is 2. The van der Waals surface area contributed by atoms with E-state index in [9.17, 15) is 0 Å². The lowest BCUT2D eigenvalue weighted by Gasteiger charge is -2.07. The first-order valence-electron chi connectivity index (χ1n) is 6.43. The number of benzene rings is 1. The minimum Gasteiger partial charge on any atom is -0.497 e. The number of hydrogen-bond donors (Lipinski definition) is 0. The third-order valence-electron chi connectivity index (χ3n) is 3.25. The molecule has 20 heavy (non-hydrogen) atoms. The van der Waals surface area contributed by atoms with E-state index in [0.717, 1.165) is 34.8 Å². The third kappa shape index (κ3) is 2.39. The van der Waals surface area contributed by atoms with Crippen molar-refractivity contribution >= 4 is 22.6 Å². The highest BCUT2D eigenvalue weighted by molar-refractivity contribution is 6.17. The molecule has 0 bridgehead atoms. The maximum atomic E-state index is 5.87. The molecule has 2 heterocycles. The number of ether oxygens (including phenoxy) is 1. The lowest BCUT2D eigenvalue weighted by molar-refractivity contribution is 0.415. The Morgan fingerprint density at radius 1 is 1.35 bits per heavy atom. The van der Waals surface area contributed by atoms with Gasteiger partial charge in [-0.3, -0.25) is 0 Å². The second kappa shape index (κ2) is 5.59. The molecule has 1 aromatic carbocycles. The van der Waals surface area contributed by atoms with Crippen molar-refractivity contribution in [3.63, 3.8) is 0 Å². The van der Waals surface area contributed by atoms with E-state index >= 15 is 0 Å². The van der Waals surface area contributed by atoms with Gasteiger partial charge in [-0.15, -0.1) is 11.6 Å². The largest absolute Gasteiger partial charge is 0.497 e. The standard InChI is InChI=1S/C15H15ClN2O2/c1-19-11-4-5-13-14(9-11)18(15(17-13)6-7-16)10-12-3-2-8-20-12/h2-5,8-9H,6-7,10H2,1H3. The van der Waals surface area contributed by atoms with Crippen LogP contribution in [0.2, 0.25) is 0 Å². The Balaban J connectivity index is 2.11. The first-order valence-corrected chi connectivity index (χ1v) is 6.97. The van der Waals surface area contributed by atoms with E-state index in [1.807, 2.05) is 30.3 Å². The number of rotatable bonds is 5. The zero-order chi connectivity index (χ0) is 13.9. The summed E-state index contributed by atoms with van der Waals surface area (Å²) in [7, 11) is 1.66. The second-order valence-corrected chi connectivity index (χ2v) is 4.87. The molecule has 0 spiro atoms. The van der Waals surface area contributed by atoms with Crippen LogP contribution < -0.4 is 4.74 Å². The normalized spacial score (nSPS) is 11.1. The van der Waals surface area contributed by atoms with Gasteiger partial charge >= 0.3 is 0 Å². The van der Waals surface area contributed by atoms with Crippen molar-refractivity contribution in [1.82, 2.24) is 9.55 Å². The zero-order valence-electron chi connectivity index (χ0n) is 11.2. The molecule has 0 amide bonds. The number of aromatic nitrogens is 2. The van der Waals surface area contributed by atoms with Crippen molar-refractivity contribution in [3.05, 3.63) is 48.2 Å². The Bertz CT molecular complexity index is 704. The smallest absolute Gasteiger partial charge is 0.123 e. The van der Waals surface area contributed by atoms with Crippen molar-refractivity contribution in [1.29, 1.82) is 0 Å². The molecule has 0 aliphatic carbocycles. The number of methoxy groups -OCH3 is 1. The maximum absolute atomic E-state index is 5.87. The lowest BCUT2D eigenvalue weighted by atomic mass is 10.3. The quantitative estimate of drug-likeness (QED) is 0.676. The molecule has 0 saturated heterocycles. The number of furan rings is 1. The molecule has 3 rings (SSSR count). The van der Waals surface area contributed by atoms with Crippen molar-refractivity contribution in [2.75, 3.05) is 13.0 Å². The van der Waals surface area contributed by atoms with Gasteiger partial charge in [-0.1, -0.05) is 0 Å². The molecular formula is C15H15ClN2O2. The summed E-state index contributed by atoms with van der Waals surface area (Å²) in [6.07, 6.45) is 2.40. The van der Waals surface area contributed by atoms with Crippen molar-refractivity contribution < 1.29 is 9.15 Å². The molecule has 0 aliphatic rings. The van der Waals surface area contributed by atoms with Crippen LogP contribution in [0.25, 0.3) is 11.0 Å². The highest BCUT2D eigenvalue weighted by atomic mass is 35.5. The number of fused-ring (bicyclic) bond motifs is 1. The first kappa shape index (κ1) is 13.1. The van der Waals surface area contributed by atoms with Crippen LogP contribution in [-0.2, 0) is 13.0 Å². The topological polar surface area (TPSA) is 40.2 Å². The van der Waals surface area contributed by atoms with E-state index in [4.69, 9.17) is 20.8 Å². The lowest BCUT2D eigenvalue weighted by Crippen LogP contribution is -2.05. The summed E-state index contributed by atoms with van der Waals surface area (Å²) in [4.78, 5) is 4.64. The number of alkyl halides is 1. The van der Waals surface area contributed by atoms with Gasteiger partial charge < -0.3 is 13.7 Å². The van der Waals surface area contributed by atoms with Gasteiger partial charge in [0.05, 0.1) is 31.0 Å². The number of aryl methyl sites for hydroxylation is 1. The SMILES string of the molecule is COc1ccc2nc(CCCl)n(Cc3ccco3)c2c1. The van der Waals surface area contributed by atoms with Gasteiger partial charge in [0.1, 0.15) is 17.3 Å². The Labute approximate surface area is 121 Å². The summed E-state index contributed by atoms with van der Waals surface area (Å²) >= 11 is 5.87. The van der Waals surface area contributed by atoms with Gasteiger partial charge in [0.25, 0.3) is 0 Å². The van der Waals surface area contributed by atoms with Gasteiger partial charge in [0, 0.05) is 18.4 Å². The fraction of sp³-hybridized carbons (Fsp3) is 0.267. The fourth-order valence-electron chi connectivity index (χ4n) is 2.29. The summed E-state index contributed by atoms with van der Waals surface area (Å²) in [5, 5.41) is 0. The van der Waals surface area contributed by atoms with Gasteiger partial charge in [-0.05, 0) is 24.3 Å². The molecule has 104 valence electrons.